The van der Waals surface area contributed by atoms with E-state index in [-0.39, 0.29) is 11.5 Å². The Morgan fingerprint density at radius 2 is 2.19 bits per heavy atom. The van der Waals surface area contributed by atoms with Crippen molar-refractivity contribution in [2.45, 2.75) is 62.5 Å². The summed E-state index contributed by atoms with van der Waals surface area (Å²) in [6, 6.07) is 4.86. The molecule has 4 atom stereocenters. The van der Waals surface area contributed by atoms with Gasteiger partial charge in [-0.15, -0.1) is 0 Å². The lowest BCUT2D eigenvalue weighted by Gasteiger charge is -2.58. The molecule has 0 aromatic heterocycles. The first-order chi connectivity index (χ1) is 12.7. The molecule has 4 heteroatoms. The molecule has 2 aliphatic heterocycles. The van der Waals surface area contributed by atoms with Crippen LogP contribution in [-0.4, -0.2) is 43.0 Å². The zero-order chi connectivity index (χ0) is 17.5. The second-order valence-corrected chi connectivity index (χ2v) is 9.09. The first-order valence-electron chi connectivity index (χ1n) is 10.4. The van der Waals surface area contributed by atoms with Crippen LogP contribution < -0.4 is 9.47 Å². The topological polar surface area (TPSA) is 38.8 Å². The van der Waals surface area contributed by atoms with Crippen molar-refractivity contribution in [3.8, 4) is 11.5 Å². The fraction of sp³-hybridized carbons (Fsp3) is 0.682. The molecule has 1 aromatic rings. The first-order valence-corrected chi connectivity index (χ1v) is 10.4. The maximum absolute atomic E-state index is 12.9. The maximum Gasteiger partial charge on any atom is 0.174 e. The van der Waals surface area contributed by atoms with E-state index in [0.29, 0.717) is 24.2 Å². The molecule has 1 spiro atoms. The zero-order valence-electron chi connectivity index (χ0n) is 15.5. The summed E-state index contributed by atoms with van der Waals surface area (Å²) in [7, 11) is 1.70. The molecule has 2 bridgehead atoms. The van der Waals surface area contributed by atoms with Crippen LogP contribution in [0.15, 0.2) is 12.1 Å². The highest BCUT2D eigenvalue weighted by Crippen LogP contribution is 2.63. The summed E-state index contributed by atoms with van der Waals surface area (Å²) >= 11 is 0. The van der Waals surface area contributed by atoms with Crippen LogP contribution in [0.25, 0.3) is 0 Å². The van der Waals surface area contributed by atoms with Crippen LogP contribution >= 0.6 is 0 Å². The van der Waals surface area contributed by atoms with E-state index in [9.17, 15) is 4.79 Å². The van der Waals surface area contributed by atoms with E-state index in [2.05, 4.69) is 11.0 Å². The van der Waals surface area contributed by atoms with Gasteiger partial charge in [0.25, 0.3) is 0 Å². The van der Waals surface area contributed by atoms with Crippen molar-refractivity contribution in [3.05, 3.63) is 23.3 Å². The summed E-state index contributed by atoms with van der Waals surface area (Å²) in [6.45, 7) is 2.37. The lowest BCUT2D eigenvalue weighted by molar-refractivity contribution is -0.139. The highest BCUT2D eigenvalue weighted by Gasteiger charge is 2.65. The smallest absolute Gasteiger partial charge is 0.174 e. The number of hydrogen-bond donors (Lipinski definition) is 0. The first kappa shape index (κ1) is 15.5. The van der Waals surface area contributed by atoms with Gasteiger partial charge in [0.05, 0.1) is 7.11 Å². The Bertz CT molecular complexity index is 786. The van der Waals surface area contributed by atoms with E-state index in [1.54, 1.807) is 7.11 Å². The number of piperidine rings is 1. The van der Waals surface area contributed by atoms with Gasteiger partial charge in [0.15, 0.2) is 23.4 Å². The third-order valence-corrected chi connectivity index (χ3v) is 8.15. The molecular weight excluding hydrogens is 326 g/mol. The molecule has 0 amide bonds. The number of ketones is 1. The van der Waals surface area contributed by atoms with E-state index >= 15 is 0 Å². The molecule has 5 aliphatic rings. The number of carbonyl (C=O) groups is 1. The van der Waals surface area contributed by atoms with Crippen molar-refractivity contribution in [2.24, 2.45) is 11.8 Å². The predicted octanol–water partition coefficient (Wildman–Crippen LogP) is 3.10. The Kier molecular flexibility index (Phi) is 3.13. The number of nitrogens with zero attached hydrogens (tertiary/aromatic N) is 1. The fourth-order valence-corrected chi connectivity index (χ4v) is 6.79. The lowest BCUT2D eigenvalue weighted by atomic mass is 9.51. The standard InChI is InChI=1S/C22H27NO3/c1-25-18-8-5-14-11-16-15-6-7-17(24)21-22(15,19(14)20(18)26-21)9-10-23(16)12-13-3-2-4-13/h5,8,13,15-16,21H,2-4,6-7,9-12H2,1H3/t15-,16?,21?,22-/m1/s1. The van der Waals surface area contributed by atoms with Crippen molar-refractivity contribution in [1.29, 1.82) is 0 Å². The molecular formula is C22H27NO3. The zero-order valence-corrected chi connectivity index (χ0v) is 15.5. The average molecular weight is 353 g/mol. The van der Waals surface area contributed by atoms with Gasteiger partial charge in [0, 0.05) is 30.0 Å². The van der Waals surface area contributed by atoms with Gasteiger partial charge < -0.3 is 9.47 Å². The normalized spacial score (nSPS) is 37.7. The van der Waals surface area contributed by atoms with E-state index in [1.807, 2.05) is 6.07 Å². The van der Waals surface area contributed by atoms with Crippen molar-refractivity contribution >= 4 is 5.78 Å². The van der Waals surface area contributed by atoms with E-state index in [0.717, 1.165) is 43.2 Å². The number of likely N-dealkylation sites (tertiary alicyclic amines) is 1. The molecule has 2 saturated carbocycles. The minimum Gasteiger partial charge on any atom is -0.493 e. The van der Waals surface area contributed by atoms with Crippen molar-refractivity contribution in [2.75, 3.05) is 20.2 Å². The minimum atomic E-state index is -0.278. The predicted molar refractivity (Wildman–Crippen MR) is 97.8 cm³/mol. The maximum atomic E-state index is 12.9. The third kappa shape index (κ3) is 1.77. The Labute approximate surface area is 154 Å². The Morgan fingerprint density at radius 3 is 2.96 bits per heavy atom. The van der Waals surface area contributed by atoms with E-state index < -0.39 is 0 Å². The van der Waals surface area contributed by atoms with Crippen LogP contribution in [0.2, 0.25) is 0 Å². The van der Waals surface area contributed by atoms with Crippen molar-refractivity contribution < 1.29 is 14.3 Å². The summed E-state index contributed by atoms with van der Waals surface area (Å²) < 4.78 is 12.0. The number of carbonyl (C=O) groups excluding carboxylic acids is 1. The second kappa shape index (κ2) is 5.25. The molecule has 2 unspecified atom stereocenters. The summed E-state index contributed by atoms with van der Waals surface area (Å²) in [4.78, 5) is 15.6. The van der Waals surface area contributed by atoms with Crippen LogP contribution in [0.4, 0.5) is 0 Å². The summed E-state index contributed by atoms with van der Waals surface area (Å²) in [5, 5.41) is 0. The van der Waals surface area contributed by atoms with Gasteiger partial charge in [-0.05, 0) is 62.1 Å². The minimum absolute atomic E-state index is 0.0897. The Hall–Kier alpha value is -1.55. The van der Waals surface area contributed by atoms with E-state index in [1.165, 1.54) is 36.9 Å². The van der Waals surface area contributed by atoms with Gasteiger partial charge in [0.1, 0.15) is 0 Å². The molecule has 3 aliphatic carbocycles. The monoisotopic (exact) mass is 353 g/mol. The number of hydrogen-bond acceptors (Lipinski definition) is 4. The molecule has 0 N–H and O–H groups in total. The van der Waals surface area contributed by atoms with Gasteiger partial charge in [-0.3, -0.25) is 9.69 Å². The highest BCUT2D eigenvalue weighted by molar-refractivity contribution is 5.89. The molecule has 138 valence electrons. The molecule has 3 fully saturated rings. The van der Waals surface area contributed by atoms with Crippen LogP contribution in [0.3, 0.4) is 0 Å². The Balaban J connectivity index is 1.48. The number of benzene rings is 1. The third-order valence-electron chi connectivity index (χ3n) is 8.15. The van der Waals surface area contributed by atoms with Crippen LogP contribution in [0, 0.1) is 11.8 Å². The molecule has 0 radical (unpaired) electrons. The van der Waals surface area contributed by atoms with Gasteiger partial charge in [-0.25, -0.2) is 0 Å². The number of methoxy groups -OCH3 is 1. The Morgan fingerprint density at radius 1 is 1.31 bits per heavy atom. The second-order valence-electron chi connectivity index (χ2n) is 9.09. The molecule has 26 heavy (non-hydrogen) atoms. The average Bonchev–Trinajstić information content (AvgIpc) is 2.96. The molecule has 2 heterocycles. The van der Waals surface area contributed by atoms with Crippen LogP contribution in [0.1, 0.15) is 49.7 Å². The van der Waals surface area contributed by atoms with Crippen molar-refractivity contribution in [3.63, 3.8) is 0 Å². The van der Waals surface area contributed by atoms with Gasteiger partial charge >= 0.3 is 0 Å². The lowest BCUT2D eigenvalue weighted by Crippen LogP contribution is -2.66. The quantitative estimate of drug-likeness (QED) is 0.837. The summed E-state index contributed by atoms with van der Waals surface area (Å²) in [6.07, 6.45) is 7.81. The molecule has 4 nitrogen and oxygen atoms in total. The summed E-state index contributed by atoms with van der Waals surface area (Å²) in [5.74, 6) is 3.44. The number of rotatable bonds is 3. The fourth-order valence-electron chi connectivity index (χ4n) is 6.79. The number of Topliss-reactive ketones (excluding diaryl/α,β-unsaturated/α-hetero) is 1. The number of ether oxygens (including phenoxy) is 2. The molecule has 6 rings (SSSR count). The SMILES string of the molecule is COc1ccc2c3c1OC1C(=O)CC[C@@H]4C(C2)N(CC2CCC2)CC[C@@]314. The van der Waals surface area contributed by atoms with Gasteiger partial charge in [-0.1, -0.05) is 12.5 Å². The largest absolute Gasteiger partial charge is 0.493 e. The van der Waals surface area contributed by atoms with Crippen LogP contribution in [-0.2, 0) is 16.6 Å². The summed E-state index contributed by atoms with van der Waals surface area (Å²) in [5.41, 5.74) is 2.64. The van der Waals surface area contributed by atoms with Crippen molar-refractivity contribution in [1.82, 2.24) is 4.90 Å². The highest BCUT2D eigenvalue weighted by atomic mass is 16.5. The van der Waals surface area contributed by atoms with Gasteiger partial charge in [0.2, 0.25) is 0 Å². The molecule has 1 aromatic carbocycles. The van der Waals surface area contributed by atoms with Gasteiger partial charge in [-0.2, -0.15) is 0 Å². The molecule has 1 saturated heterocycles. The van der Waals surface area contributed by atoms with Crippen LogP contribution in [0.5, 0.6) is 11.5 Å². The van der Waals surface area contributed by atoms with E-state index in [4.69, 9.17) is 9.47 Å².